The third-order valence-electron chi connectivity index (χ3n) is 3.43. The van der Waals surface area contributed by atoms with Crippen LogP contribution in [0.25, 0.3) is 0 Å². The van der Waals surface area contributed by atoms with Gasteiger partial charge in [-0.1, -0.05) is 36.4 Å². The molecular formula is C16H17N. The molecule has 0 saturated heterocycles. The SMILES string of the molecule is c1ccc(N2CCCCc3ccccc32)cc1. The van der Waals surface area contributed by atoms with Crippen LogP contribution in [0.3, 0.4) is 0 Å². The van der Waals surface area contributed by atoms with Crippen molar-refractivity contribution < 1.29 is 0 Å². The second-order valence-corrected chi connectivity index (χ2v) is 4.57. The molecule has 0 aliphatic carbocycles. The fraction of sp³-hybridized carbons (Fsp3) is 0.250. The van der Waals surface area contributed by atoms with Gasteiger partial charge in [0.25, 0.3) is 0 Å². The number of aryl methyl sites for hydroxylation is 1. The number of fused-ring (bicyclic) bond motifs is 1. The second kappa shape index (κ2) is 4.62. The van der Waals surface area contributed by atoms with Crippen LogP contribution in [0.15, 0.2) is 54.6 Å². The zero-order valence-electron chi connectivity index (χ0n) is 9.97. The van der Waals surface area contributed by atoms with E-state index >= 15 is 0 Å². The second-order valence-electron chi connectivity index (χ2n) is 4.57. The summed E-state index contributed by atoms with van der Waals surface area (Å²) in [6.45, 7) is 1.13. The lowest BCUT2D eigenvalue weighted by Crippen LogP contribution is -2.17. The van der Waals surface area contributed by atoms with Crippen molar-refractivity contribution in [3.63, 3.8) is 0 Å². The molecule has 17 heavy (non-hydrogen) atoms. The van der Waals surface area contributed by atoms with Crippen molar-refractivity contribution in [3.05, 3.63) is 60.2 Å². The number of anilines is 2. The summed E-state index contributed by atoms with van der Waals surface area (Å²) in [7, 11) is 0. The van der Waals surface area contributed by atoms with Crippen LogP contribution in [-0.4, -0.2) is 6.54 Å². The van der Waals surface area contributed by atoms with Crippen LogP contribution in [0.2, 0.25) is 0 Å². The molecule has 2 aromatic rings. The predicted molar refractivity (Wildman–Crippen MR) is 72.8 cm³/mol. The molecule has 1 heterocycles. The van der Waals surface area contributed by atoms with E-state index in [2.05, 4.69) is 59.5 Å². The molecule has 1 aliphatic heterocycles. The van der Waals surface area contributed by atoms with Gasteiger partial charge in [0.05, 0.1) is 0 Å². The highest BCUT2D eigenvalue weighted by molar-refractivity contribution is 5.66. The summed E-state index contributed by atoms with van der Waals surface area (Å²) < 4.78 is 0. The zero-order chi connectivity index (χ0) is 11.5. The molecule has 0 spiro atoms. The number of para-hydroxylation sites is 2. The molecule has 2 aromatic carbocycles. The lowest BCUT2D eigenvalue weighted by atomic mass is 10.1. The fourth-order valence-electron chi connectivity index (χ4n) is 2.57. The minimum atomic E-state index is 1.13. The topological polar surface area (TPSA) is 3.24 Å². The van der Waals surface area contributed by atoms with Gasteiger partial charge in [0.1, 0.15) is 0 Å². The van der Waals surface area contributed by atoms with Crippen molar-refractivity contribution in [2.45, 2.75) is 19.3 Å². The van der Waals surface area contributed by atoms with Gasteiger partial charge in [-0.05, 0) is 43.0 Å². The molecular weight excluding hydrogens is 206 g/mol. The molecule has 0 bridgehead atoms. The average Bonchev–Trinajstić information content (AvgIpc) is 2.62. The van der Waals surface area contributed by atoms with Crippen LogP contribution < -0.4 is 4.90 Å². The maximum absolute atomic E-state index is 2.45. The maximum atomic E-state index is 2.45. The van der Waals surface area contributed by atoms with Gasteiger partial charge in [-0.2, -0.15) is 0 Å². The van der Waals surface area contributed by atoms with E-state index in [4.69, 9.17) is 0 Å². The van der Waals surface area contributed by atoms with Gasteiger partial charge in [0.15, 0.2) is 0 Å². The van der Waals surface area contributed by atoms with Crippen LogP contribution in [0.1, 0.15) is 18.4 Å². The molecule has 1 heteroatoms. The summed E-state index contributed by atoms with van der Waals surface area (Å²) in [5.41, 5.74) is 4.17. The van der Waals surface area contributed by atoms with Crippen molar-refractivity contribution in [2.24, 2.45) is 0 Å². The maximum Gasteiger partial charge on any atom is 0.0443 e. The van der Waals surface area contributed by atoms with E-state index in [1.54, 1.807) is 0 Å². The first-order valence-electron chi connectivity index (χ1n) is 6.36. The Morgan fingerprint density at radius 3 is 2.41 bits per heavy atom. The normalized spacial score (nSPS) is 15.2. The summed E-state index contributed by atoms with van der Waals surface area (Å²) in [6, 6.07) is 19.5. The highest BCUT2D eigenvalue weighted by atomic mass is 15.1. The van der Waals surface area contributed by atoms with Crippen LogP contribution in [0.4, 0.5) is 11.4 Å². The molecule has 0 radical (unpaired) electrons. The van der Waals surface area contributed by atoms with E-state index in [0.29, 0.717) is 0 Å². The predicted octanol–water partition coefficient (Wildman–Crippen LogP) is 4.16. The Morgan fingerprint density at radius 1 is 0.765 bits per heavy atom. The molecule has 0 saturated carbocycles. The molecule has 0 N–H and O–H groups in total. The van der Waals surface area contributed by atoms with Crippen molar-refractivity contribution in [2.75, 3.05) is 11.4 Å². The summed E-state index contributed by atoms with van der Waals surface area (Å²) >= 11 is 0. The molecule has 0 atom stereocenters. The Hall–Kier alpha value is -1.76. The minimum absolute atomic E-state index is 1.13. The molecule has 86 valence electrons. The number of rotatable bonds is 1. The van der Waals surface area contributed by atoms with Gasteiger partial charge in [0.2, 0.25) is 0 Å². The lowest BCUT2D eigenvalue weighted by molar-refractivity contribution is 0.761. The van der Waals surface area contributed by atoms with E-state index in [1.807, 2.05) is 0 Å². The van der Waals surface area contributed by atoms with Crippen molar-refractivity contribution in [3.8, 4) is 0 Å². The third kappa shape index (κ3) is 2.05. The molecule has 1 aliphatic rings. The fourth-order valence-corrected chi connectivity index (χ4v) is 2.57. The lowest BCUT2D eigenvalue weighted by Gasteiger charge is -2.25. The Balaban J connectivity index is 2.06. The molecule has 0 amide bonds. The van der Waals surface area contributed by atoms with Gasteiger partial charge in [0, 0.05) is 17.9 Å². The van der Waals surface area contributed by atoms with Crippen molar-refractivity contribution >= 4 is 11.4 Å². The first-order valence-corrected chi connectivity index (χ1v) is 6.36. The average molecular weight is 223 g/mol. The van der Waals surface area contributed by atoms with Crippen LogP contribution >= 0.6 is 0 Å². The number of nitrogens with zero attached hydrogens (tertiary/aromatic N) is 1. The Labute approximate surface area is 103 Å². The molecule has 3 rings (SSSR count). The molecule has 0 aromatic heterocycles. The van der Waals surface area contributed by atoms with Gasteiger partial charge in [-0.15, -0.1) is 0 Å². The quantitative estimate of drug-likeness (QED) is 0.701. The van der Waals surface area contributed by atoms with E-state index in [9.17, 15) is 0 Å². The number of benzene rings is 2. The molecule has 0 unspecified atom stereocenters. The van der Waals surface area contributed by atoms with E-state index in [0.717, 1.165) is 6.54 Å². The molecule has 1 nitrogen and oxygen atoms in total. The van der Waals surface area contributed by atoms with Crippen molar-refractivity contribution in [1.82, 2.24) is 0 Å². The van der Waals surface area contributed by atoms with Gasteiger partial charge in [-0.3, -0.25) is 0 Å². The zero-order valence-corrected chi connectivity index (χ0v) is 9.97. The van der Waals surface area contributed by atoms with Gasteiger partial charge >= 0.3 is 0 Å². The van der Waals surface area contributed by atoms with Crippen LogP contribution in [0, 0.1) is 0 Å². The van der Waals surface area contributed by atoms with E-state index in [1.165, 1.54) is 36.2 Å². The van der Waals surface area contributed by atoms with Crippen LogP contribution in [-0.2, 0) is 6.42 Å². The largest absolute Gasteiger partial charge is 0.341 e. The Morgan fingerprint density at radius 2 is 1.53 bits per heavy atom. The smallest absolute Gasteiger partial charge is 0.0443 e. The standard InChI is InChI=1S/C16H17N/c1-2-10-15(11-3-1)17-13-7-6-9-14-8-4-5-12-16(14)17/h1-5,8,10-12H,6-7,9,13H2. The van der Waals surface area contributed by atoms with Crippen molar-refractivity contribution in [1.29, 1.82) is 0 Å². The summed E-state index contributed by atoms with van der Waals surface area (Å²) in [5.74, 6) is 0. The number of hydrogen-bond acceptors (Lipinski definition) is 1. The first kappa shape index (κ1) is 10.4. The highest BCUT2D eigenvalue weighted by Gasteiger charge is 2.15. The van der Waals surface area contributed by atoms with E-state index in [-0.39, 0.29) is 0 Å². The number of hydrogen-bond donors (Lipinski definition) is 0. The first-order chi connectivity index (χ1) is 8.45. The monoisotopic (exact) mass is 223 g/mol. The van der Waals surface area contributed by atoms with E-state index < -0.39 is 0 Å². The minimum Gasteiger partial charge on any atom is -0.341 e. The summed E-state index contributed by atoms with van der Waals surface area (Å²) in [6.07, 6.45) is 3.77. The van der Waals surface area contributed by atoms with Gasteiger partial charge < -0.3 is 4.90 Å². The summed E-state index contributed by atoms with van der Waals surface area (Å²) in [4.78, 5) is 2.45. The van der Waals surface area contributed by atoms with Gasteiger partial charge in [-0.25, -0.2) is 0 Å². The summed E-state index contributed by atoms with van der Waals surface area (Å²) in [5, 5.41) is 0. The Bertz CT molecular complexity index is 490. The molecule has 0 fully saturated rings. The van der Waals surface area contributed by atoms with Crippen LogP contribution in [0.5, 0.6) is 0 Å². The Kier molecular flexibility index (Phi) is 2.83. The highest BCUT2D eigenvalue weighted by Crippen LogP contribution is 2.32. The third-order valence-corrected chi connectivity index (χ3v) is 3.43.